The van der Waals surface area contributed by atoms with Gasteiger partial charge in [0.2, 0.25) is 0 Å². The molecule has 0 aliphatic heterocycles. The fourth-order valence-electron chi connectivity index (χ4n) is 2.54. The van der Waals surface area contributed by atoms with Gasteiger partial charge in [-0.15, -0.1) is 12.4 Å². The molecule has 4 N–H and O–H groups in total. The first kappa shape index (κ1) is 21.2. The molecule has 22 heavy (non-hydrogen) atoms. The van der Waals surface area contributed by atoms with Crippen molar-refractivity contribution < 1.29 is 9.21 Å². The molecular weight excluding hydrogens is 300 g/mol. The molecule has 0 fully saturated rings. The zero-order valence-electron chi connectivity index (χ0n) is 13.5. The second kappa shape index (κ2) is 13.8. The molecule has 0 aliphatic carbocycles. The first-order chi connectivity index (χ1) is 10.3. The minimum Gasteiger partial charge on any atom is -0.458 e. The monoisotopic (exact) mass is 330 g/mol. The van der Waals surface area contributed by atoms with Crippen LogP contribution in [0.4, 0.5) is 0 Å². The Kier molecular flexibility index (Phi) is 13.3. The van der Waals surface area contributed by atoms with E-state index in [9.17, 15) is 4.79 Å². The third-order valence-electron chi connectivity index (χ3n) is 3.79. The van der Waals surface area contributed by atoms with Crippen LogP contribution in [0.1, 0.15) is 74.1 Å². The zero-order chi connectivity index (χ0) is 15.3. The maximum Gasteiger partial charge on any atom is 0.185 e. The first-order valence-corrected chi connectivity index (χ1v) is 8.25. The predicted octanol–water partition coefficient (Wildman–Crippen LogP) is 3.85. The normalized spacial score (nSPS) is 11.9. The summed E-state index contributed by atoms with van der Waals surface area (Å²) in [4.78, 5) is 10.5. The van der Waals surface area contributed by atoms with Gasteiger partial charge >= 0.3 is 0 Å². The van der Waals surface area contributed by atoms with Crippen molar-refractivity contribution in [1.29, 1.82) is 0 Å². The molecule has 1 aromatic rings. The second-order valence-electron chi connectivity index (χ2n) is 5.79. The number of nitrogens with two attached hydrogens (primary N) is 2. The SMILES string of the molecule is Cl.NCCCCCCCCCCC(N)Cc1ccc(C=O)o1. The Balaban J connectivity index is 0.00000441. The molecule has 1 unspecified atom stereocenters. The van der Waals surface area contributed by atoms with Gasteiger partial charge in [-0.25, -0.2) is 0 Å². The molecule has 0 saturated carbocycles. The van der Waals surface area contributed by atoms with Crippen molar-refractivity contribution in [2.75, 3.05) is 6.54 Å². The summed E-state index contributed by atoms with van der Waals surface area (Å²) in [5.74, 6) is 1.19. The van der Waals surface area contributed by atoms with Gasteiger partial charge in [0.05, 0.1) is 0 Å². The summed E-state index contributed by atoms with van der Waals surface area (Å²) < 4.78 is 5.34. The highest BCUT2D eigenvalue weighted by Gasteiger charge is 2.07. The van der Waals surface area contributed by atoms with Crippen LogP contribution in [0.5, 0.6) is 0 Å². The molecule has 1 heterocycles. The topological polar surface area (TPSA) is 82.2 Å². The number of carbonyl (C=O) groups is 1. The molecular formula is C17H31ClN2O2. The Bertz CT molecular complexity index is 382. The largest absolute Gasteiger partial charge is 0.458 e. The predicted molar refractivity (Wildman–Crippen MR) is 93.6 cm³/mol. The molecule has 0 saturated heterocycles. The van der Waals surface area contributed by atoms with Gasteiger partial charge in [0.1, 0.15) is 5.76 Å². The van der Waals surface area contributed by atoms with E-state index in [-0.39, 0.29) is 18.4 Å². The third kappa shape index (κ3) is 9.98. The van der Waals surface area contributed by atoms with Crippen LogP contribution in [0, 0.1) is 0 Å². The Morgan fingerprint density at radius 1 is 1.00 bits per heavy atom. The van der Waals surface area contributed by atoms with Gasteiger partial charge in [0.25, 0.3) is 0 Å². The van der Waals surface area contributed by atoms with Crippen molar-refractivity contribution in [2.45, 2.75) is 70.3 Å². The van der Waals surface area contributed by atoms with Gasteiger partial charge in [0.15, 0.2) is 12.0 Å². The second-order valence-corrected chi connectivity index (χ2v) is 5.79. The number of carbonyl (C=O) groups excluding carboxylic acids is 1. The van der Waals surface area contributed by atoms with Crippen molar-refractivity contribution in [1.82, 2.24) is 0 Å². The van der Waals surface area contributed by atoms with Crippen LogP contribution in [-0.4, -0.2) is 18.9 Å². The number of hydrogen-bond acceptors (Lipinski definition) is 4. The van der Waals surface area contributed by atoms with Gasteiger partial charge in [-0.1, -0.05) is 44.9 Å². The van der Waals surface area contributed by atoms with E-state index in [4.69, 9.17) is 15.9 Å². The Labute approximate surface area is 140 Å². The van der Waals surface area contributed by atoms with E-state index in [2.05, 4.69) is 0 Å². The summed E-state index contributed by atoms with van der Waals surface area (Å²) in [5, 5.41) is 0. The highest BCUT2D eigenvalue weighted by molar-refractivity contribution is 5.85. The number of halogens is 1. The molecule has 4 nitrogen and oxygen atoms in total. The zero-order valence-corrected chi connectivity index (χ0v) is 14.3. The van der Waals surface area contributed by atoms with E-state index in [0.29, 0.717) is 12.2 Å². The smallest absolute Gasteiger partial charge is 0.185 e. The molecule has 0 radical (unpaired) electrons. The Hall–Kier alpha value is -0.840. The van der Waals surface area contributed by atoms with Gasteiger partial charge in [-0.05, 0) is 31.5 Å². The molecule has 0 amide bonds. The van der Waals surface area contributed by atoms with Crippen LogP contribution < -0.4 is 11.5 Å². The van der Waals surface area contributed by atoms with Crippen molar-refractivity contribution in [3.05, 3.63) is 23.7 Å². The first-order valence-electron chi connectivity index (χ1n) is 8.25. The average molecular weight is 331 g/mol. The molecule has 5 heteroatoms. The summed E-state index contributed by atoms with van der Waals surface area (Å²) in [5.41, 5.74) is 11.6. The van der Waals surface area contributed by atoms with E-state index in [0.717, 1.165) is 31.4 Å². The molecule has 1 atom stereocenters. The number of furan rings is 1. The maximum absolute atomic E-state index is 10.5. The van der Waals surface area contributed by atoms with Crippen LogP contribution in [-0.2, 0) is 6.42 Å². The van der Waals surface area contributed by atoms with E-state index in [1.165, 1.54) is 44.9 Å². The molecule has 0 spiro atoms. The van der Waals surface area contributed by atoms with Crippen molar-refractivity contribution in [2.24, 2.45) is 11.5 Å². The molecule has 1 rings (SSSR count). The van der Waals surface area contributed by atoms with Crippen molar-refractivity contribution in [3.8, 4) is 0 Å². The minimum atomic E-state index is 0. The van der Waals surface area contributed by atoms with E-state index < -0.39 is 0 Å². The number of unbranched alkanes of at least 4 members (excludes halogenated alkanes) is 7. The molecule has 0 bridgehead atoms. The quantitative estimate of drug-likeness (QED) is 0.425. The van der Waals surface area contributed by atoms with Crippen LogP contribution in [0.3, 0.4) is 0 Å². The van der Waals surface area contributed by atoms with Crippen LogP contribution in [0.2, 0.25) is 0 Å². The van der Waals surface area contributed by atoms with Gasteiger partial charge < -0.3 is 15.9 Å². The molecule has 128 valence electrons. The van der Waals surface area contributed by atoms with Gasteiger partial charge in [-0.3, -0.25) is 4.79 Å². The summed E-state index contributed by atoms with van der Waals surface area (Å²) in [6.07, 6.45) is 12.6. The lowest BCUT2D eigenvalue weighted by Crippen LogP contribution is -2.22. The van der Waals surface area contributed by atoms with Crippen molar-refractivity contribution >= 4 is 18.7 Å². The summed E-state index contributed by atoms with van der Waals surface area (Å²) >= 11 is 0. The number of hydrogen-bond donors (Lipinski definition) is 2. The maximum atomic E-state index is 10.5. The van der Waals surface area contributed by atoms with Crippen LogP contribution >= 0.6 is 12.4 Å². The van der Waals surface area contributed by atoms with E-state index in [1.807, 2.05) is 6.07 Å². The summed E-state index contributed by atoms with van der Waals surface area (Å²) in [6.45, 7) is 0.821. The van der Waals surface area contributed by atoms with Gasteiger partial charge in [-0.2, -0.15) is 0 Å². The number of aldehydes is 1. The standard InChI is InChI=1S/C17H30N2O2.ClH/c18-12-8-6-4-2-1-3-5-7-9-15(19)13-16-10-11-17(14-20)21-16;/h10-11,14-15H,1-9,12-13,18-19H2;1H. The van der Waals surface area contributed by atoms with E-state index >= 15 is 0 Å². The molecule has 0 aromatic carbocycles. The lowest BCUT2D eigenvalue weighted by atomic mass is 10.0. The fraction of sp³-hybridized carbons (Fsp3) is 0.706. The molecule has 0 aliphatic rings. The summed E-state index contributed by atoms with van der Waals surface area (Å²) in [6, 6.07) is 3.66. The van der Waals surface area contributed by atoms with Crippen molar-refractivity contribution in [3.63, 3.8) is 0 Å². The van der Waals surface area contributed by atoms with Crippen LogP contribution in [0.15, 0.2) is 16.5 Å². The Morgan fingerprint density at radius 3 is 2.14 bits per heavy atom. The molecule has 1 aromatic heterocycles. The number of rotatable bonds is 13. The average Bonchev–Trinajstić information content (AvgIpc) is 2.93. The summed E-state index contributed by atoms with van der Waals surface area (Å²) in [7, 11) is 0. The lowest BCUT2D eigenvalue weighted by molar-refractivity contribution is 0.109. The third-order valence-corrected chi connectivity index (χ3v) is 3.79. The minimum absolute atomic E-state index is 0. The highest BCUT2D eigenvalue weighted by atomic mass is 35.5. The van der Waals surface area contributed by atoms with Crippen LogP contribution in [0.25, 0.3) is 0 Å². The van der Waals surface area contributed by atoms with E-state index in [1.54, 1.807) is 6.07 Å². The fourth-order valence-corrected chi connectivity index (χ4v) is 2.54. The Morgan fingerprint density at radius 2 is 1.59 bits per heavy atom. The highest BCUT2D eigenvalue weighted by Crippen LogP contribution is 2.13. The van der Waals surface area contributed by atoms with Gasteiger partial charge in [0, 0.05) is 12.5 Å². The lowest BCUT2D eigenvalue weighted by Gasteiger charge is -2.09.